The number of pyridine rings is 1. The number of rotatable bonds is 5. The molecule has 0 amide bonds. The van der Waals surface area contributed by atoms with Crippen molar-refractivity contribution in [1.82, 2.24) is 4.57 Å². The minimum atomic E-state index is -1.06. The monoisotopic (exact) mass is 351 g/mol. The fraction of sp³-hybridized carbons (Fsp3) is 0.200. The molecule has 1 N–H and O–H groups in total. The van der Waals surface area contributed by atoms with Crippen LogP contribution >= 0.6 is 15.9 Å². The van der Waals surface area contributed by atoms with Crippen LogP contribution in [0.15, 0.2) is 51.9 Å². The van der Waals surface area contributed by atoms with Gasteiger partial charge < -0.3 is 9.84 Å². The highest BCUT2D eigenvalue weighted by Crippen LogP contribution is 2.17. The van der Waals surface area contributed by atoms with Gasteiger partial charge in [-0.3, -0.25) is 9.36 Å². The lowest BCUT2D eigenvalue weighted by atomic mass is 10.1. The second-order valence-electron chi connectivity index (χ2n) is 4.47. The van der Waals surface area contributed by atoms with Crippen LogP contribution in [0.25, 0.3) is 0 Å². The standard InChI is InChI=1S/C15H14BrNO4/c1-21-13-3-2-8-17(14(13)18)12(15(19)20)9-10-4-6-11(16)7-5-10/h2-8,12H,9H2,1H3,(H,19,20). The molecule has 1 aromatic carbocycles. The molecule has 0 aliphatic heterocycles. The molecule has 0 spiro atoms. The first-order valence-electron chi connectivity index (χ1n) is 6.25. The summed E-state index contributed by atoms with van der Waals surface area (Å²) in [5, 5.41) is 9.42. The number of ether oxygens (including phenoxy) is 1. The van der Waals surface area contributed by atoms with Gasteiger partial charge >= 0.3 is 5.97 Å². The minimum absolute atomic E-state index is 0.125. The van der Waals surface area contributed by atoms with E-state index in [4.69, 9.17) is 4.74 Å². The van der Waals surface area contributed by atoms with E-state index in [1.807, 2.05) is 24.3 Å². The molecule has 1 aromatic heterocycles. The molecule has 2 aromatic rings. The third-order valence-electron chi connectivity index (χ3n) is 3.12. The number of benzene rings is 1. The van der Waals surface area contributed by atoms with E-state index in [0.717, 1.165) is 10.0 Å². The number of halogens is 1. The number of methoxy groups -OCH3 is 1. The SMILES string of the molecule is COc1cccn(C(Cc2ccc(Br)cc2)C(=O)O)c1=O. The van der Waals surface area contributed by atoms with E-state index < -0.39 is 17.6 Å². The quantitative estimate of drug-likeness (QED) is 0.898. The number of nitrogens with zero attached hydrogens (tertiary/aromatic N) is 1. The van der Waals surface area contributed by atoms with E-state index in [-0.39, 0.29) is 12.2 Å². The highest BCUT2D eigenvalue weighted by Gasteiger charge is 2.22. The van der Waals surface area contributed by atoms with E-state index in [1.54, 1.807) is 6.07 Å². The molecule has 0 fully saturated rings. The molecule has 1 unspecified atom stereocenters. The Labute approximate surface area is 129 Å². The summed E-state index contributed by atoms with van der Waals surface area (Å²) in [6.45, 7) is 0. The van der Waals surface area contributed by atoms with Crippen molar-refractivity contribution in [2.75, 3.05) is 7.11 Å². The summed E-state index contributed by atoms with van der Waals surface area (Å²) in [7, 11) is 1.38. The number of hydrogen-bond acceptors (Lipinski definition) is 3. The molecule has 1 atom stereocenters. The normalized spacial score (nSPS) is 11.9. The molecule has 0 aliphatic carbocycles. The number of carbonyl (C=O) groups is 1. The van der Waals surface area contributed by atoms with Crippen molar-refractivity contribution < 1.29 is 14.6 Å². The van der Waals surface area contributed by atoms with Gasteiger partial charge in [0.15, 0.2) is 5.75 Å². The molecular formula is C15H14BrNO4. The maximum Gasteiger partial charge on any atom is 0.327 e. The summed E-state index contributed by atoms with van der Waals surface area (Å²) in [6.07, 6.45) is 1.68. The van der Waals surface area contributed by atoms with E-state index >= 15 is 0 Å². The predicted molar refractivity (Wildman–Crippen MR) is 81.8 cm³/mol. The van der Waals surface area contributed by atoms with Crippen molar-refractivity contribution in [3.05, 3.63) is 63.0 Å². The van der Waals surface area contributed by atoms with E-state index in [2.05, 4.69) is 15.9 Å². The average molecular weight is 352 g/mol. The number of carboxylic acids is 1. The van der Waals surface area contributed by atoms with Crippen LogP contribution in [0, 0.1) is 0 Å². The van der Waals surface area contributed by atoms with Gasteiger partial charge in [-0.1, -0.05) is 28.1 Å². The van der Waals surface area contributed by atoms with Crippen LogP contribution in [0.2, 0.25) is 0 Å². The Hall–Kier alpha value is -2.08. The second-order valence-corrected chi connectivity index (χ2v) is 5.39. The Kier molecular flexibility index (Phi) is 4.80. The van der Waals surface area contributed by atoms with Crippen molar-refractivity contribution >= 4 is 21.9 Å². The van der Waals surface area contributed by atoms with Gasteiger partial charge in [0.2, 0.25) is 0 Å². The largest absolute Gasteiger partial charge is 0.491 e. The zero-order valence-corrected chi connectivity index (χ0v) is 12.9. The number of carboxylic acid groups (broad SMARTS) is 1. The van der Waals surface area contributed by atoms with Gasteiger partial charge in [-0.25, -0.2) is 4.79 Å². The van der Waals surface area contributed by atoms with Gasteiger partial charge in [-0.2, -0.15) is 0 Å². The van der Waals surface area contributed by atoms with Gasteiger partial charge in [-0.05, 0) is 29.8 Å². The molecule has 0 saturated carbocycles. The fourth-order valence-electron chi connectivity index (χ4n) is 2.04. The summed E-state index contributed by atoms with van der Waals surface area (Å²) >= 11 is 3.33. The van der Waals surface area contributed by atoms with Crippen molar-refractivity contribution in [3.8, 4) is 5.75 Å². The number of hydrogen-bond donors (Lipinski definition) is 1. The van der Waals surface area contributed by atoms with Crippen molar-refractivity contribution in [3.63, 3.8) is 0 Å². The predicted octanol–water partition coefficient (Wildman–Crippen LogP) is 2.49. The molecule has 2 rings (SSSR count). The first-order valence-corrected chi connectivity index (χ1v) is 7.04. The molecule has 0 saturated heterocycles. The Bertz CT molecular complexity index is 694. The lowest BCUT2D eigenvalue weighted by Gasteiger charge is -2.16. The Morgan fingerprint density at radius 2 is 2.00 bits per heavy atom. The smallest absolute Gasteiger partial charge is 0.327 e. The van der Waals surface area contributed by atoms with Crippen LogP contribution < -0.4 is 10.3 Å². The molecule has 0 aliphatic rings. The van der Waals surface area contributed by atoms with Crippen LogP contribution in [-0.4, -0.2) is 22.8 Å². The maximum absolute atomic E-state index is 12.2. The van der Waals surface area contributed by atoms with Gasteiger partial charge in [0.1, 0.15) is 6.04 Å². The summed E-state index contributed by atoms with van der Waals surface area (Å²) in [5.41, 5.74) is 0.379. The highest BCUT2D eigenvalue weighted by molar-refractivity contribution is 9.10. The van der Waals surface area contributed by atoms with E-state index in [0.29, 0.717) is 0 Å². The first-order chi connectivity index (χ1) is 10.0. The highest BCUT2D eigenvalue weighted by atomic mass is 79.9. The molecule has 0 bridgehead atoms. The molecule has 110 valence electrons. The number of aromatic nitrogens is 1. The van der Waals surface area contributed by atoms with Crippen LogP contribution in [-0.2, 0) is 11.2 Å². The van der Waals surface area contributed by atoms with Crippen molar-refractivity contribution in [2.45, 2.75) is 12.5 Å². The second kappa shape index (κ2) is 6.58. The third-order valence-corrected chi connectivity index (χ3v) is 3.65. The summed E-state index contributed by atoms with van der Waals surface area (Å²) in [6, 6.07) is 9.45. The zero-order chi connectivity index (χ0) is 15.4. The molecule has 21 heavy (non-hydrogen) atoms. The van der Waals surface area contributed by atoms with E-state index in [1.165, 1.54) is 23.9 Å². The topological polar surface area (TPSA) is 68.5 Å². The van der Waals surface area contributed by atoms with Gasteiger partial charge in [0.05, 0.1) is 7.11 Å². The van der Waals surface area contributed by atoms with Gasteiger partial charge in [0, 0.05) is 17.1 Å². The Morgan fingerprint density at radius 1 is 1.33 bits per heavy atom. The Balaban J connectivity index is 2.38. The van der Waals surface area contributed by atoms with Gasteiger partial charge in [0.25, 0.3) is 5.56 Å². The summed E-state index contributed by atoms with van der Waals surface area (Å²) < 4.78 is 7.05. The number of aliphatic carboxylic acids is 1. The van der Waals surface area contributed by atoms with Crippen LogP contribution in [0.4, 0.5) is 0 Å². The summed E-state index contributed by atoms with van der Waals surface area (Å²) in [5.74, 6) is -0.937. The lowest BCUT2D eigenvalue weighted by molar-refractivity contribution is -0.141. The van der Waals surface area contributed by atoms with Crippen LogP contribution in [0.1, 0.15) is 11.6 Å². The maximum atomic E-state index is 12.2. The molecule has 0 radical (unpaired) electrons. The lowest BCUT2D eigenvalue weighted by Crippen LogP contribution is -2.31. The van der Waals surface area contributed by atoms with Crippen LogP contribution in [0.5, 0.6) is 5.75 Å². The molecule has 1 heterocycles. The molecular weight excluding hydrogens is 338 g/mol. The third kappa shape index (κ3) is 3.52. The van der Waals surface area contributed by atoms with Gasteiger partial charge in [-0.15, -0.1) is 0 Å². The van der Waals surface area contributed by atoms with E-state index in [9.17, 15) is 14.7 Å². The summed E-state index contributed by atoms with van der Waals surface area (Å²) in [4.78, 5) is 23.7. The minimum Gasteiger partial charge on any atom is -0.491 e. The van der Waals surface area contributed by atoms with Crippen LogP contribution in [0.3, 0.4) is 0 Å². The molecule has 6 heteroatoms. The first kappa shape index (κ1) is 15.3. The average Bonchev–Trinajstić information content (AvgIpc) is 2.47. The molecule has 5 nitrogen and oxygen atoms in total. The van der Waals surface area contributed by atoms with Crippen molar-refractivity contribution in [2.24, 2.45) is 0 Å². The zero-order valence-electron chi connectivity index (χ0n) is 11.3. The fourth-order valence-corrected chi connectivity index (χ4v) is 2.30. The van der Waals surface area contributed by atoms with Crippen molar-refractivity contribution in [1.29, 1.82) is 0 Å². The Morgan fingerprint density at radius 3 is 2.57 bits per heavy atom.